The summed E-state index contributed by atoms with van der Waals surface area (Å²) in [6.45, 7) is 7.79. The van der Waals surface area contributed by atoms with Gasteiger partial charge < -0.3 is 10.1 Å². The molecule has 0 aliphatic heterocycles. The number of benzene rings is 1. The van der Waals surface area contributed by atoms with Gasteiger partial charge in [0.05, 0.1) is 7.11 Å². The van der Waals surface area contributed by atoms with Crippen molar-refractivity contribution in [2.75, 3.05) is 13.7 Å². The molecule has 0 saturated carbocycles. The number of hydrogen-bond acceptors (Lipinski definition) is 2. The Labute approximate surface area is 111 Å². The Morgan fingerprint density at radius 1 is 1.39 bits per heavy atom. The molecule has 100 valence electrons. The van der Waals surface area contributed by atoms with E-state index in [4.69, 9.17) is 4.74 Å². The van der Waals surface area contributed by atoms with Gasteiger partial charge in [-0.15, -0.1) is 0 Å². The van der Waals surface area contributed by atoms with E-state index < -0.39 is 0 Å². The molecule has 0 bridgehead atoms. The fraction of sp³-hybridized carbons (Fsp3) is 0.625. The first-order chi connectivity index (χ1) is 8.67. The Balaban J connectivity index is 2.49. The van der Waals surface area contributed by atoms with Gasteiger partial charge >= 0.3 is 0 Å². The summed E-state index contributed by atoms with van der Waals surface area (Å²) in [4.78, 5) is 0. The van der Waals surface area contributed by atoms with E-state index >= 15 is 0 Å². The van der Waals surface area contributed by atoms with Gasteiger partial charge in [-0.2, -0.15) is 0 Å². The summed E-state index contributed by atoms with van der Waals surface area (Å²) in [5.74, 6) is 1.83. The lowest BCUT2D eigenvalue weighted by molar-refractivity contribution is 0.407. The Kier molecular flexibility index (Phi) is 4.28. The third-order valence-electron chi connectivity index (χ3n) is 4.08. The van der Waals surface area contributed by atoms with Crippen molar-refractivity contribution in [2.24, 2.45) is 5.92 Å². The first-order valence-electron chi connectivity index (χ1n) is 7.07. The van der Waals surface area contributed by atoms with Gasteiger partial charge in [-0.05, 0) is 61.4 Å². The highest BCUT2D eigenvalue weighted by Gasteiger charge is 2.25. The molecule has 2 heteroatoms. The summed E-state index contributed by atoms with van der Waals surface area (Å²) in [7, 11) is 1.78. The van der Waals surface area contributed by atoms with Crippen molar-refractivity contribution in [1.82, 2.24) is 5.32 Å². The number of rotatable bonds is 3. The second kappa shape index (κ2) is 5.75. The fourth-order valence-electron chi connectivity index (χ4n) is 3.16. The molecule has 0 radical (unpaired) electrons. The van der Waals surface area contributed by atoms with E-state index in [1.807, 2.05) is 0 Å². The molecule has 0 aromatic heterocycles. The summed E-state index contributed by atoms with van der Waals surface area (Å²) >= 11 is 0. The van der Waals surface area contributed by atoms with Crippen LogP contribution < -0.4 is 10.1 Å². The molecule has 2 unspecified atom stereocenters. The SMILES string of the molecule is CCNC1CC(C)CCc2c(OC)ccc(C)c21. The van der Waals surface area contributed by atoms with Gasteiger partial charge in [-0.1, -0.05) is 19.9 Å². The van der Waals surface area contributed by atoms with Crippen LogP contribution in [0.4, 0.5) is 0 Å². The van der Waals surface area contributed by atoms with Crippen LogP contribution in [0.5, 0.6) is 5.75 Å². The van der Waals surface area contributed by atoms with E-state index in [0.29, 0.717) is 6.04 Å². The third-order valence-corrected chi connectivity index (χ3v) is 4.08. The summed E-state index contributed by atoms with van der Waals surface area (Å²) in [6.07, 6.45) is 3.63. The van der Waals surface area contributed by atoms with Gasteiger partial charge in [0.1, 0.15) is 5.75 Å². The van der Waals surface area contributed by atoms with Crippen LogP contribution in [-0.4, -0.2) is 13.7 Å². The first kappa shape index (κ1) is 13.4. The maximum Gasteiger partial charge on any atom is 0.122 e. The second-order valence-corrected chi connectivity index (χ2v) is 5.47. The molecule has 18 heavy (non-hydrogen) atoms. The van der Waals surface area contributed by atoms with E-state index in [0.717, 1.165) is 24.6 Å². The maximum absolute atomic E-state index is 5.56. The molecular formula is C16H25NO. The van der Waals surface area contributed by atoms with Gasteiger partial charge in [0.15, 0.2) is 0 Å². The monoisotopic (exact) mass is 247 g/mol. The summed E-state index contributed by atoms with van der Waals surface area (Å²) in [5, 5.41) is 3.65. The highest BCUT2D eigenvalue weighted by Crippen LogP contribution is 2.38. The standard InChI is InChI=1S/C16H25NO/c1-5-17-14-10-11(2)6-8-13-15(18-4)9-7-12(3)16(13)14/h7,9,11,14,17H,5-6,8,10H2,1-4H3. The Bertz CT molecular complexity index is 414. The third kappa shape index (κ3) is 2.54. The van der Waals surface area contributed by atoms with Crippen LogP contribution in [0.2, 0.25) is 0 Å². The Morgan fingerprint density at radius 2 is 2.17 bits per heavy atom. The van der Waals surface area contributed by atoms with Crippen molar-refractivity contribution in [3.05, 3.63) is 28.8 Å². The van der Waals surface area contributed by atoms with Crippen LogP contribution >= 0.6 is 0 Å². The predicted octanol–water partition coefficient (Wildman–Crippen LogP) is 3.63. The average Bonchev–Trinajstić information content (AvgIpc) is 2.51. The highest BCUT2D eigenvalue weighted by atomic mass is 16.5. The molecule has 1 N–H and O–H groups in total. The average molecular weight is 247 g/mol. The lowest BCUT2D eigenvalue weighted by atomic mass is 9.92. The topological polar surface area (TPSA) is 21.3 Å². The molecular weight excluding hydrogens is 222 g/mol. The molecule has 1 aromatic carbocycles. The fourth-order valence-corrected chi connectivity index (χ4v) is 3.16. The molecule has 2 nitrogen and oxygen atoms in total. The quantitative estimate of drug-likeness (QED) is 0.824. The summed E-state index contributed by atoms with van der Waals surface area (Å²) < 4.78 is 5.56. The zero-order valence-electron chi connectivity index (χ0n) is 12.0. The molecule has 0 spiro atoms. The van der Waals surface area contributed by atoms with Crippen LogP contribution in [0.1, 0.15) is 49.4 Å². The minimum Gasteiger partial charge on any atom is -0.496 e. The van der Waals surface area contributed by atoms with Crippen molar-refractivity contribution < 1.29 is 4.74 Å². The maximum atomic E-state index is 5.56. The van der Waals surface area contributed by atoms with Crippen molar-refractivity contribution in [1.29, 1.82) is 0 Å². The van der Waals surface area contributed by atoms with Crippen LogP contribution in [0.3, 0.4) is 0 Å². The largest absolute Gasteiger partial charge is 0.496 e. The van der Waals surface area contributed by atoms with Gasteiger partial charge in [0.25, 0.3) is 0 Å². The number of hydrogen-bond donors (Lipinski definition) is 1. The number of nitrogens with one attached hydrogen (secondary N) is 1. The summed E-state index contributed by atoms with van der Waals surface area (Å²) in [6, 6.07) is 4.79. The van der Waals surface area contributed by atoms with Crippen LogP contribution in [0.15, 0.2) is 12.1 Å². The van der Waals surface area contributed by atoms with E-state index in [2.05, 4.69) is 38.2 Å². The minimum atomic E-state index is 0.484. The highest BCUT2D eigenvalue weighted by molar-refractivity contribution is 5.47. The molecule has 0 saturated heterocycles. The van der Waals surface area contributed by atoms with Crippen LogP contribution in [0.25, 0.3) is 0 Å². The van der Waals surface area contributed by atoms with E-state index in [9.17, 15) is 0 Å². The predicted molar refractivity (Wildman–Crippen MR) is 76.3 cm³/mol. The van der Waals surface area contributed by atoms with Crippen molar-refractivity contribution >= 4 is 0 Å². The molecule has 0 amide bonds. The normalized spacial score (nSPS) is 23.3. The number of aryl methyl sites for hydroxylation is 1. The molecule has 1 aromatic rings. The van der Waals surface area contributed by atoms with Crippen LogP contribution in [0, 0.1) is 12.8 Å². The van der Waals surface area contributed by atoms with E-state index in [1.54, 1.807) is 7.11 Å². The zero-order valence-corrected chi connectivity index (χ0v) is 12.0. The number of ether oxygens (including phenoxy) is 1. The Morgan fingerprint density at radius 3 is 2.83 bits per heavy atom. The minimum absolute atomic E-state index is 0.484. The lowest BCUT2D eigenvalue weighted by Gasteiger charge is -2.23. The van der Waals surface area contributed by atoms with Gasteiger partial charge in [0, 0.05) is 6.04 Å². The molecule has 0 fully saturated rings. The van der Waals surface area contributed by atoms with Crippen molar-refractivity contribution in [2.45, 2.75) is 46.1 Å². The molecule has 2 rings (SSSR count). The van der Waals surface area contributed by atoms with Gasteiger partial charge in [0.2, 0.25) is 0 Å². The second-order valence-electron chi connectivity index (χ2n) is 5.47. The first-order valence-corrected chi connectivity index (χ1v) is 7.07. The lowest BCUT2D eigenvalue weighted by Crippen LogP contribution is -2.23. The summed E-state index contributed by atoms with van der Waals surface area (Å²) in [5.41, 5.74) is 4.30. The molecule has 0 heterocycles. The zero-order chi connectivity index (χ0) is 13.1. The number of fused-ring (bicyclic) bond motifs is 1. The van der Waals surface area contributed by atoms with E-state index in [-0.39, 0.29) is 0 Å². The smallest absolute Gasteiger partial charge is 0.122 e. The van der Waals surface area contributed by atoms with Gasteiger partial charge in [-0.3, -0.25) is 0 Å². The Hall–Kier alpha value is -1.02. The molecule has 2 atom stereocenters. The van der Waals surface area contributed by atoms with E-state index in [1.165, 1.54) is 29.5 Å². The van der Waals surface area contributed by atoms with Crippen molar-refractivity contribution in [3.8, 4) is 5.75 Å². The molecule has 1 aliphatic carbocycles. The van der Waals surface area contributed by atoms with Crippen molar-refractivity contribution in [3.63, 3.8) is 0 Å². The number of methoxy groups -OCH3 is 1. The molecule has 1 aliphatic rings. The van der Waals surface area contributed by atoms with Crippen LogP contribution in [-0.2, 0) is 6.42 Å². The van der Waals surface area contributed by atoms with Gasteiger partial charge in [-0.25, -0.2) is 0 Å².